The molecule has 0 saturated heterocycles. The Morgan fingerprint density at radius 1 is 0.929 bits per heavy atom. The minimum atomic E-state index is 0.858. The summed E-state index contributed by atoms with van der Waals surface area (Å²) in [4.78, 5) is 4.30. The molecule has 1 nitrogen and oxygen atoms in total. The van der Waals surface area contributed by atoms with Gasteiger partial charge in [-0.25, -0.2) is 0 Å². The Balaban J connectivity index is 2.16. The number of hydrogen-bond acceptors (Lipinski definition) is 1. The standard InChI is InChI=1S/C13H10N/c1-3-7-12(8-4-1)11-14-13-9-5-2-6-10-13/h1-9,11H/b14-11+. The van der Waals surface area contributed by atoms with Crippen molar-refractivity contribution >= 4 is 11.9 Å². The second kappa shape index (κ2) is 4.38. The Labute approximate surface area is 83.7 Å². The molecule has 0 N–H and O–H groups in total. The molecule has 0 heterocycles. The largest absolute Gasteiger partial charge is 0.256 e. The SMILES string of the molecule is [c]1ccccc1/N=C/c1ccccc1. The maximum Gasteiger partial charge on any atom is 0.0709 e. The lowest BCUT2D eigenvalue weighted by Gasteiger charge is -1.91. The Morgan fingerprint density at radius 3 is 2.43 bits per heavy atom. The fraction of sp³-hybridized carbons (Fsp3) is 0. The molecule has 14 heavy (non-hydrogen) atoms. The van der Waals surface area contributed by atoms with Crippen LogP contribution in [0.4, 0.5) is 5.69 Å². The first-order chi connectivity index (χ1) is 6.95. The fourth-order valence-corrected chi connectivity index (χ4v) is 1.15. The van der Waals surface area contributed by atoms with Crippen LogP contribution in [-0.4, -0.2) is 6.21 Å². The molecule has 2 aromatic rings. The highest BCUT2D eigenvalue weighted by molar-refractivity contribution is 5.81. The molecule has 0 aliphatic rings. The Morgan fingerprint density at radius 2 is 1.71 bits per heavy atom. The number of nitrogens with zero attached hydrogens (tertiary/aromatic N) is 1. The fourth-order valence-electron chi connectivity index (χ4n) is 1.15. The number of benzene rings is 2. The summed E-state index contributed by atoms with van der Waals surface area (Å²) in [6.07, 6.45) is 1.84. The summed E-state index contributed by atoms with van der Waals surface area (Å²) in [5, 5.41) is 0. The zero-order valence-electron chi connectivity index (χ0n) is 7.72. The monoisotopic (exact) mass is 180 g/mol. The zero-order chi connectivity index (χ0) is 9.64. The molecular weight excluding hydrogens is 170 g/mol. The van der Waals surface area contributed by atoms with E-state index in [2.05, 4.69) is 11.1 Å². The normalized spacial score (nSPS) is 10.6. The van der Waals surface area contributed by atoms with E-state index in [-0.39, 0.29) is 0 Å². The topological polar surface area (TPSA) is 12.4 Å². The van der Waals surface area contributed by atoms with Crippen molar-refractivity contribution in [2.45, 2.75) is 0 Å². The van der Waals surface area contributed by atoms with E-state index in [0.717, 1.165) is 11.3 Å². The van der Waals surface area contributed by atoms with Crippen LogP contribution >= 0.6 is 0 Å². The van der Waals surface area contributed by atoms with Gasteiger partial charge in [-0.05, 0) is 11.6 Å². The third-order valence-electron chi connectivity index (χ3n) is 1.84. The van der Waals surface area contributed by atoms with Crippen molar-refractivity contribution in [1.82, 2.24) is 0 Å². The van der Waals surface area contributed by atoms with Gasteiger partial charge in [0.1, 0.15) is 0 Å². The summed E-state index contributed by atoms with van der Waals surface area (Å²) in [5.41, 5.74) is 1.96. The maximum atomic E-state index is 4.30. The highest BCUT2D eigenvalue weighted by Gasteiger charge is 1.85. The molecule has 0 saturated carbocycles. The molecule has 2 rings (SSSR count). The van der Waals surface area contributed by atoms with Gasteiger partial charge in [-0.2, -0.15) is 0 Å². The lowest BCUT2D eigenvalue weighted by molar-refractivity contribution is 1.52. The smallest absolute Gasteiger partial charge is 0.0709 e. The van der Waals surface area contributed by atoms with Crippen LogP contribution in [0.1, 0.15) is 5.56 Å². The minimum absolute atomic E-state index is 0.858. The van der Waals surface area contributed by atoms with Crippen LogP contribution in [0.25, 0.3) is 0 Å². The third-order valence-corrected chi connectivity index (χ3v) is 1.84. The van der Waals surface area contributed by atoms with Crippen molar-refractivity contribution in [2.24, 2.45) is 4.99 Å². The van der Waals surface area contributed by atoms with E-state index in [1.54, 1.807) is 0 Å². The second-order valence-corrected chi connectivity index (χ2v) is 2.92. The van der Waals surface area contributed by atoms with E-state index >= 15 is 0 Å². The van der Waals surface area contributed by atoms with Crippen molar-refractivity contribution in [3.8, 4) is 0 Å². The molecule has 2 aromatic carbocycles. The molecule has 1 radical (unpaired) electrons. The number of rotatable bonds is 2. The predicted octanol–water partition coefficient (Wildman–Crippen LogP) is 3.24. The molecule has 67 valence electrons. The van der Waals surface area contributed by atoms with Gasteiger partial charge in [0.25, 0.3) is 0 Å². The highest BCUT2D eigenvalue weighted by Crippen LogP contribution is 2.08. The Hall–Kier alpha value is -1.89. The summed E-state index contributed by atoms with van der Waals surface area (Å²) in [6.45, 7) is 0. The van der Waals surface area contributed by atoms with E-state index < -0.39 is 0 Å². The summed E-state index contributed by atoms with van der Waals surface area (Å²) in [6, 6.07) is 20.7. The minimum Gasteiger partial charge on any atom is -0.256 e. The van der Waals surface area contributed by atoms with Gasteiger partial charge in [0, 0.05) is 12.3 Å². The van der Waals surface area contributed by atoms with Crippen molar-refractivity contribution in [1.29, 1.82) is 0 Å². The maximum absolute atomic E-state index is 4.30. The van der Waals surface area contributed by atoms with Crippen LogP contribution in [0.5, 0.6) is 0 Å². The van der Waals surface area contributed by atoms with E-state index in [4.69, 9.17) is 0 Å². The van der Waals surface area contributed by atoms with Gasteiger partial charge in [0.15, 0.2) is 0 Å². The van der Waals surface area contributed by atoms with Gasteiger partial charge in [-0.1, -0.05) is 48.5 Å². The van der Waals surface area contributed by atoms with Crippen molar-refractivity contribution < 1.29 is 0 Å². The van der Waals surface area contributed by atoms with Gasteiger partial charge < -0.3 is 0 Å². The molecule has 0 aliphatic heterocycles. The molecule has 0 fully saturated rings. The van der Waals surface area contributed by atoms with E-state index in [1.807, 2.05) is 60.8 Å². The lowest BCUT2D eigenvalue weighted by Crippen LogP contribution is -1.77. The van der Waals surface area contributed by atoms with Crippen LogP contribution in [0.3, 0.4) is 0 Å². The van der Waals surface area contributed by atoms with Gasteiger partial charge in [-0.15, -0.1) is 0 Å². The molecular formula is C13H10N. The molecule has 0 amide bonds. The number of para-hydroxylation sites is 1. The molecule has 0 atom stereocenters. The number of aliphatic imine (C=N–C) groups is 1. The first-order valence-electron chi connectivity index (χ1n) is 4.51. The Bertz CT molecular complexity index is 362. The average Bonchev–Trinajstić information content (AvgIpc) is 2.29. The molecule has 1 heteroatoms. The van der Waals surface area contributed by atoms with Gasteiger partial charge in [0.05, 0.1) is 5.69 Å². The van der Waals surface area contributed by atoms with Crippen LogP contribution in [-0.2, 0) is 0 Å². The molecule has 0 aromatic heterocycles. The average molecular weight is 180 g/mol. The first kappa shape index (κ1) is 8.70. The van der Waals surface area contributed by atoms with Crippen molar-refractivity contribution in [2.75, 3.05) is 0 Å². The van der Waals surface area contributed by atoms with Crippen LogP contribution in [0.2, 0.25) is 0 Å². The molecule has 0 spiro atoms. The summed E-state index contributed by atoms with van der Waals surface area (Å²) < 4.78 is 0. The first-order valence-corrected chi connectivity index (χ1v) is 4.51. The third kappa shape index (κ3) is 2.30. The highest BCUT2D eigenvalue weighted by atomic mass is 14.7. The van der Waals surface area contributed by atoms with Gasteiger partial charge in [-0.3, -0.25) is 4.99 Å². The second-order valence-electron chi connectivity index (χ2n) is 2.92. The van der Waals surface area contributed by atoms with Crippen LogP contribution < -0.4 is 0 Å². The molecule has 0 aliphatic carbocycles. The van der Waals surface area contributed by atoms with Gasteiger partial charge >= 0.3 is 0 Å². The Kier molecular flexibility index (Phi) is 2.72. The van der Waals surface area contributed by atoms with Crippen molar-refractivity contribution in [3.63, 3.8) is 0 Å². The van der Waals surface area contributed by atoms with Crippen molar-refractivity contribution in [3.05, 3.63) is 66.2 Å². The summed E-state index contributed by atoms with van der Waals surface area (Å²) in [5.74, 6) is 0. The summed E-state index contributed by atoms with van der Waals surface area (Å²) in [7, 11) is 0. The van der Waals surface area contributed by atoms with Crippen LogP contribution in [0.15, 0.2) is 59.6 Å². The molecule has 0 bridgehead atoms. The number of hydrogen-bond donors (Lipinski definition) is 0. The predicted molar refractivity (Wildman–Crippen MR) is 59.0 cm³/mol. The zero-order valence-corrected chi connectivity index (χ0v) is 7.72. The summed E-state index contributed by atoms with van der Waals surface area (Å²) >= 11 is 0. The molecule has 0 unspecified atom stereocenters. The van der Waals surface area contributed by atoms with E-state index in [0.29, 0.717) is 0 Å². The lowest BCUT2D eigenvalue weighted by atomic mass is 10.2. The van der Waals surface area contributed by atoms with Crippen LogP contribution in [0, 0.1) is 6.07 Å². The van der Waals surface area contributed by atoms with Gasteiger partial charge in [0.2, 0.25) is 0 Å². The quantitative estimate of drug-likeness (QED) is 0.629. The van der Waals surface area contributed by atoms with E-state index in [9.17, 15) is 0 Å². The van der Waals surface area contributed by atoms with E-state index in [1.165, 1.54) is 0 Å².